The normalized spacial score (nSPS) is 18.9. The molecule has 0 spiro atoms. The van der Waals surface area contributed by atoms with Crippen LogP contribution in [0.3, 0.4) is 0 Å². The zero-order chi connectivity index (χ0) is 33.6. The first-order chi connectivity index (χ1) is 23.3. The van der Waals surface area contributed by atoms with Crippen LogP contribution in [0.5, 0.6) is 17.2 Å². The lowest BCUT2D eigenvalue weighted by molar-refractivity contribution is -0.135. The fourth-order valence-electron chi connectivity index (χ4n) is 6.03. The minimum Gasteiger partial charge on any atom is -0.493 e. The molecular weight excluding hydrogens is 610 g/mol. The number of aromatic nitrogens is 2. The predicted octanol–water partition coefficient (Wildman–Crippen LogP) is 4.57. The van der Waals surface area contributed by atoms with Gasteiger partial charge in [0.2, 0.25) is 11.8 Å². The maximum atomic E-state index is 14.0. The Bertz CT molecular complexity index is 1800. The van der Waals surface area contributed by atoms with Crippen LogP contribution in [0.15, 0.2) is 79.0 Å². The number of aryl methyl sites for hydroxylation is 2. The maximum Gasteiger partial charge on any atom is 0.257 e. The number of methoxy groups -OCH3 is 1. The van der Waals surface area contributed by atoms with Crippen molar-refractivity contribution in [3.05, 3.63) is 102 Å². The number of carbonyl (C=O) groups is 3. The number of hydrogen-bond donors (Lipinski definition) is 1. The molecule has 7 rings (SSSR count). The van der Waals surface area contributed by atoms with Crippen molar-refractivity contribution in [1.82, 2.24) is 25.1 Å². The fourth-order valence-corrected chi connectivity index (χ4v) is 6.03. The molecule has 4 bridgehead atoms. The van der Waals surface area contributed by atoms with Crippen LogP contribution < -0.4 is 14.8 Å². The summed E-state index contributed by atoms with van der Waals surface area (Å²) in [6.07, 6.45) is 2.23. The van der Waals surface area contributed by atoms with Crippen LogP contribution in [0, 0.1) is 6.92 Å². The van der Waals surface area contributed by atoms with Crippen LogP contribution in [0.1, 0.15) is 40.2 Å². The Kier molecular flexibility index (Phi) is 9.96. The molecule has 1 fully saturated rings. The minimum atomic E-state index is -0.529. The molecule has 2 atom stereocenters. The standard InChI is InChI=1S/C37H39N5O6/c1-24-38-20-29(36(39-24)27-9-5-4-6-10-27)37(45)42-17-16-30-33(21-42)47-23-26-8-7-11-28(18-26)48-31-14-12-25(19-32(31)46-3)13-15-35(44)41(2)22-34(43)40-30/h4-12,14,18-20,30,33H,13,15-17,21-23H2,1-3H3,(H,40,43)/t30-,33-/m0/s1. The summed E-state index contributed by atoms with van der Waals surface area (Å²) in [5.74, 6) is 1.62. The molecule has 0 unspecified atom stereocenters. The van der Waals surface area contributed by atoms with E-state index in [1.807, 2.05) is 72.8 Å². The number of benzene rings is 3. The van der Waals surface area contributed by atoms with Crippen LogP contribution in [-0.4, -0.2) is 83.4 Å². The zero-order valence-corrected chi connectivity index (χ0v) is 27.3. The first-order valence-corrected chi connectivity index (χ1v) is 16.0. The Labute approximate surface area is 279 Å². The monoisotopic (exact) mass is 649 g/mol. The van der Waals surface area contributed by atoms with Gasteiger partial charge in [-0.1, -0.05) is 48.5 Å². The second kappa shape index (κ2) is 14.6. The molecule has 3 aliphatic rings. The summed E-state index contributed by atoms with van der Waals surface area (Å²) in [7, 11) is 3.20. The van der Waals surface area contributed by atoms with E-state index in [1.165, 1.54) is 4.90 Å². The summed E-state index contributed by atoms with van der Waals surface area (Å²) in [5, 5.41) is 3.08. The lowest BCUT2D eigenvalue weighted by atomic mass is 9.99. The highest BCUT2D eigenvalue weighted by Gasteiger charge is 2.35. The SMILES string of the molecule is COc1cc2ccc1Oc1cccc(c1)CO[C@H]1CN(C(=O)c3cnc(C)nc3-c3ccccc3)CC[C@@H]1NC(=O)CN(C)C(=O)CC2. The smallest absolute Gasteiger partial charge is 0.257 e. The summed E-state index contributed by atoms with van der Waals surface area (Å²) in [5.41, 5.74) is 3.58. The van der Waals surface area contributed by atoms with Crippen LogP contribution in [0.4, 0.5) is 0 Å². The molecule has 0 radical (unpaired) electrons. The van der Waals surface area contributed by atoms with Gasteiger partial charge in [0.25, 0.3) is 5.91 Å². The van der Waals surface area contributed by atoms with Gasteiger partial charge >= 0.3 is 0 Å². The molecule has 248 valence electrons. The number of hydrogen-bond acceptors (Lipinski definition) is 8. The highest BCUT2D eigenvalue weighted by Crippen LogP contribution is 2.33. The van der Waals surface area contributed by atoms with Gasteiger partial charge in [0, 0.05) is 38.3 Å². The average Bonchev–Trinajstić information content (AvgIpc) is 3.10. The molecule has 3 aromatic carbocycles. The van der Waals surface area contributed by atoms with Gasteiger partial charge in [0.15, 0.2) is 11.5 Å². The van der Waals surface area contributed by atoms with E-state index in [0.717, 1.165) is 16.7 Å². The second-order valence-electron chi connectivity index (χ2n) is 12.1. The Morgan fingerprint density at radius 3 is 2.65 bits per heavy atom. The van der Waals surface area contributed by atoms with E-state index in [1.54, 1.807) is 32.2 Å². The molecule has 11 heteroatoms. The van der Waals surface area contributed by atoms with Crippen LogP contribution >= 0.6 is 0 Å². The third-order valence-electron chi connectivity index (χ3n) is 8.63. The Hall–Kier alpha value is -5.29. The lowest BCUT2D eigenvalue weighted by Gasteiger charge is -2.39. The van der Waals surface area contributed by atoms with E-state index < -0.39 is 6.10 Å². The van der Waals surface area contributed by atoms with Gasteiger partial charge in [-0.2, -0.15) is 0 Å². The van der Waals surface area contributed by atoms with E-state index >= 15 is 0 Å². The molecule has 3 aliphatic heterocycles. The first kappa shape index (κ1) is 32.6. The van der Waals surface area contributed by atoms with Crippen molar-refractivity contribution < 1.29 is 28.6 Å². The molecule has 0 aliphatic carbocycles. The number of fused-ring (bicyclic) bond motifs is 9. The molecule has 0 saturated carbocycles. The quantitative estimate of drug-likeness (QED) is 0.343. The van der Waals surface area contributed by atoms with Gasteiger partial charge in [-0.3, -0.25) is 14.4 Å². The minimum absolute atomic E-state index is 0.0933. The van der Waals surface area contributed by atoms with Gasteiger partial charge in [0.1, 0.15) is 11.6 Å². The third kappa shape index (κ3) is 7.63. The van der Waals surface area contributed by atoms with E-state index in [9.17, 15) is 14.4 Å². The van der Waals surface area contributed by atoms with Crippen molar-refractivity contribution >= 4 is 17.7 Å². The number of rotatable bonds is 3. The average molecular weight is 650 g/mol. The second-order valence-corrected chi connectivity index (χ2v) is 12.1. The Morgan fingerprint density at radius 2 is 1.83 bits per heavy atom. The largest absolute Gasteiger partial charge is 0.493 e. The topological polar surface area (TPSA) is 123 Å². The number of nitrogens with zero attached hydrogens (tertiary/aromatic N) is 4. The van der Waals surface area contributed by atoms with Gasteiger partial charge in [-0.05, 0) is 55.2 Å². The number of amides is 3. The molecule has 1 aromatic heterocycles. The highest BCUT2D eigenvalue weighted by molar-refractivity contribution is 5.99. The van der Waals surface area contributed by atoms with Crippen molar-refractivity contribution in [2.45, 2.75) is 44.9 Å². The molecule has 4 aromatic rings. The fraction of sp³-hybridized carbons (Fsp3) is 0.324. The summed E-state index contributed by atoms with van der Waals surface area (Å²) in [4.78, 5) is 52.3. The van der Waals surface area contributed by atoms with Crippen LogP contribution in [0.2, 0.25) is 0 Å². The number of carbonyl (C=O) groups excluding carboxylic acids is 3. The molecule has 4 heterocycles. The molecule has 1 N–H and O–H groups in total. The van der Waals surface area contributed by atoms with Gasteiger partial charge in [-0.15, -0.1) is 0 Å². The van der Waals surface area contributed by atoms with Gasteiger partial charge in [-0.25, -0.2) is 9.97 Å². The van der Waals surface area contributed by atoms with Gasteiger partial charge in [0.05, 0.1) is 43.7 Å². The number of nitrogens with one attached hydrogen (secondary N) is 1. The Morgan fingerprint density at radius 1 is 1.00 bits per heavy atom. The number of likely N-dealkylation sites (N-methyl/N-ethyl adjacent to an activating group) is 1. The van der Waals surface area contributed by atoms with Crippen molar-refractivity contribution in [2.75, 3.05) is 33.8 Å². The first-order valence-electron chi connectivity index (χ1n) is 16.0. The van der Waals surface area contributed by atoms with Crippen molar-refractivity contribution in [3.63, 3.8) is 0 Å². The van der Waals surface area contributed by atoms with Gasteiger partial charge < -0.3 is 29.3 Å². The molecule has 11 nitrogen and oxygen atoms in total. The summed E-state index contributed by atoms with van der Waals surface area (Å²) < 4.78 is 18.2. The van der Waals surface area contributed by atoms with E-state index in [2.05, 4.69) is 15.3 Å². The van der Waals surface area contributed by atoms with Crippen molar-refractivity contribution in [2.24, 2.45) is 0 Å². The van der Waals surface area contributed by atoms with Crippen LogP contribution in [-0.2, 0) is 27.4 Å². The molecular formula is C37H39N5O6. The van der Waals surface area contributed by atoms with E-state index in [-0.39, 0.29) is 49.9 Å². The predicted molar refractivity (Wildman–Crippen MR) is 179 cm³/mol. The number of ether oxygens (including phenoxy) is 3. The number of likely N-dealkylation sites (tertiary alicyclic amines) is 1. The molecule has 3 amide bonds. The Balaban J connectivity index is 1.27. The highest BCUT2D eigenvalue weighted by atomic mass is 16.5. The molecule has 1 saturated heterocycles. The molecule has 48 heavy (non-hydrogen) atoms. The maximum absolute atomic E-state index is 14.0. The number of piperidine rings is 1. The van der Waals surface area contributed by atoms with E-state index in [0.29, 0.717) is 53.7 Å². The van der Waals surface area contributed by atoms with Crippen molar-refractivity contribution in [3.8, 4) is 28.5 Å². The summed E-state index contributed by atoms with van der Waals surface area (Å²) in [6.45, 7) is 2.55. The van der Waals surface area contributed by atoms with Crippen molar-refractivity contribution in [1.29, 1.82) is 0 Å². The lowest BCUT2D eigenvalue weighted by Crippen LogP contribution is -2.57. The van der Waals surface area contributed by atoms with Crippen LogP contribution in [0.25, 0.3) is 11.3 Å². The van der Waals surface area contributed by atoms with E-state index in [4.69, 9.17) is 14.2 Å². The third-order valence-corrected chi connectivity index (χ3v) is 8.63. The summed E-state index contributed by atoms with van der Waals surface area (Å²) in [6, 6.07) is 22.3. The summed E-state index contributed by atoms with van der Waals surface area (Å²) >= 11 is 0. The zero-order valence-electron chi connectivity index (χ0n) is 27.3.